The van der Waals surface area contributed by atoms with E-state index in [1.165, 1.54) is 18.7 Å². The van der Waals surface area contributed by atoms with E-state index in [0.717, 1.165) is 24.3 Å². The van der Waals surface area contributed by atoms with Gasteiger partial charge in [-0.25, -0.2) is 9.97 Å². The minimum Gasteiger partial charge on any atom is -0.316 e. The zero-order valence-corrected chi connectivity index (χ0v) is 12.0. The monoisotopic (exact) mass is 258 g/mol. The Kier molecular flexibility index (Phi) is 3.05. The Morgan fingerprint density at radius 1 is 1.37 bits per heavy atom. The third-order valence-electron chi connectivity index (χ3n) is 3.77. The normalized spacial score (nSPS) is 20.9. The highest BCUT2D eigenvalue weighted by molar-refractivity contribution is 5.71. The number of rotatable bonds is 1. The van der Waals surface area contributed by atoms with E-state index >= 15 is 0 Å². The number of imidazole rings is 1. The third kappa shape index (κ3) is 2.25. The van der Waals surface area contributed by atoms with Gasteiger partial charge < -0.3 is 9.88 Å². The second kappa shape index (κ2) is 4.60. The van der Waals surface area contributed by atoms with Crippen LogP contribution in [0.25, 0.3) is 11.2 Å². The van der Waals surface area contributed by atoms with Crippen molar-refractivity contribution in [2.75, 3.05) is 13.1 Å². The molecule has 0 bridgehead atoms. The van der Waals surface area contributed by atoms with E-state index in [1.54, 1.807) is 0 Å². The number of piperidine rings is 1. The summed E-state index contributed by atoms with van der Waals surface area (Å²) in [6, 6.07) is 4.02. The first-order chi connectivity index (χ1) is 9.07. The summed E-state index contributed by atoms with van der Waals surface area (Å²) < 4.78 is 2.32. The van der Waals surface area contributed by atoms with Crippen LogP contribution in [-0.4, -0.2) is 27.6 Å². The molecule has 0 radical (unpaired) electrons. The fourth-order valence-corrected chi connectivity index (χ4v) is 2.94. The van der Waals surface area contributed by atoms with Gasteiger partial charge in [-0.2, -0.15) is 0 Å². The van der Waals surface area contributed by atoms with Crippen molar-refractivity contribution in [2.45, 2.75) is 45.1 Å². The molecule has 2 aromatic heterocycles. The minimum absolute atomic E-state index is 0.00981. The largest absolute Gasteiger partial charge is 0.316 e. The van der Waals surface area contributed by atoms with Crippen LogP contribution >= 0.6 is 0 Å². The van der Waals surface area contributed by atoms with Gasteiger partial charge in [0.2, 0.25) is 0 Å². The molecular formula is C15H22N4. The van der Waals surface area contributed by atoms with Gasteiger partial charge in [0, 0.05) is 24.2 Å². The van der Waals surface area contributed by atoms with E-state index < -0.39 is 0 Å². The molecule has 0 aliphatic carbocycles. The number of nitrogens with zero attached hydrogens (tertiary/aromatic N) is 3. The lowest BCUT2D eigenvalue weighted by Crippen LogP contribution is -2.33. The molecule has 4 heteroatoms. The molecule has 0 amide bonds. The second-order valence-electron chi connectivity index (χ2n) is 6.37. The summed E-state index contributed by atoms with van der Waals surface area (Å²) in [6.07, 6.45) is 4.30. The molecule has 4 nitrogen and oxygen atoms in total. The quantitative estimate of drug-likeness (QED) is 0.855. The summed E-state index contributed by atoms with van der Waals surface area (Å²) in [5.41, 5.74) is 2.03. The van der Waals surface area contributed by atoms with Gasteiger partial charge in [0.15, 0.2) is 5.65 Å². The Bertz CT molecular complexity index is 573. The van der Waals surface area contributed by atoms with Crippen molar-refractivity contribution in [3.8, 4) is 0 Å². The molecule has 3 rings (SSSR count). The third-order valence-corrected chi connectivity index (χ3v) is 3.77. The first-order valence-corrected chi connectivity index (χ1v) is 7.12. The Hall–Kier alpha value is -1.42. The second-order valence-corrected chi connectivity index (χ2v) is 6.37. The zero-order valence-electron chi connectivity index (χ0n) is 12.0. The minimum atomic E-state index is 0.00981. The number of hydrogen-bond donors (Lipinski definition) is 1. The number of pyridine rings is 1. The summed E-state index contributed by atoms with van der Waals surface area (Å²) in [4.78, 5) is 9.41. The molecule has 102 valence electrons. The van der Waals surface area contributed by atoms with E-state index in [1.807, 2.05) is 12.3 Å². The summed E-state index contributed by atoms with van der Waals surface area (Å²) in [6.45, 7) is 8.83. The lowest BCUT2D eigenvalue weighted by molar-refractivity contribution is 0.358. The highest BCUT2D eigenvalue weighted by Gasteiger charge is 2.27. The molecule has 19 heavy (non-hydrogen) atoms. The van der Waals surface area contributed by atoms with Gasteiger partial charge in [0.1, 0.15) is 11.3 Å². The number of fused-ring (bicyclic) bond motifs is 1. The maximum Gasteiger partial charge on any atom is 0.160 e. The molecule has 1 aliphatic rings. The zero-order chi connectivity index (χ0) is 13.5. The smallest absolute Gasteiger partial charge is 0.160 e. The van der Waals surface area contributed by atoms with Crippen LogP contribution in [0.1, 0.15) is 45.4 Å². The summed E-state index contributed by atoms with van der Waals surface area (Å²) >= 11 is 0. The number of aromatic nitrogens is 3. The molecule has 1 N–H and O–H groups in total. The number of hydrogen-bond acceptors (Lipinski definition) is 3. The average Bonchev–Trinajstić information content (AvgIpc) is 2.79. The maximum atomic E-state index is 4.86. The van der Waals surface area contributed by atoms with Gasteiger partial charge in [-0.3, -0.25) is 0 Å². The van der Waals surface area contributed by atoms with Crippen molar-refractivity contribution in [1.82, 2.24) is 19.9 Å². The topological polar surface area (TPSA) is 42.7 Å². The van der Waals surface area contributed by atoms with Crippen molar-refractivity contribution in [3.63, 3.8) is 0 Å². The lowest BCUT2D eigenvalue weighted by Gasteiger charge is -2.29. The Balaban J connectivity index is 2.17. The van der Waals surface area contributed by atoms with Crippen LogP contribution in [0.2, 0.25) is 0 Å². The van der Waals surface area contributed by atoms with Crippen LogP contribution in [0.15, 0.2) is 18.3 Å². The van der Waals surface area contributed by atoms with Crippen LogP contribution in [0.3, 0.4) is 0 Å². The van der Waals surface area contributed by atoms with Crippen molar-refractivity contribution in [2.24, 2.45) is 0 Å². The summed E-state index contributed by atoms with van der Waals surface area (Å²) in [7, 11) is 0. The summed E-state index contributed by atoms with van der Waals surface area (Å²) in [5.74, 6) is 1.69. The van der Waals surface area contributed by atoms with Gasteiger partial charge >= 0.3 is 0 Å². The molecule has 1 fully saturated rings. The van der Waals surface area contributed by atoms with Gasteiger partial charge in [-0.05, 0) is 52.3 Å². The van der Waals surface area contributed by atoms with E-state index in [-0.39, 0.29) is 5.54 Å². The highest BCUT2D eigenvalue weighted by Crippen LogP contribution is 2.30. The van der Waals surface area contributed by atoms with Gasteiger partial charge in [-0.15, -0.1) is 0 Å². The first-order valence-electron chi connectivity index (χ1n) is 7.12. The highest BCUT2D eigenvalue weighted by atomic mass is 15.2. The van der Waals surface area contributed by atoms with Crippen LogP contribution in [0.4, 0.5) is 0 Å². The van der Waals surface area contributed by atoms with Gasteiger partial charge in [-0.1, -0.05) is 0 Å². The fourth-order valence-electron chi connectivity index (χ4n) is 2.94. The Morgan fingerprint density at radius 3 is 2.89 bits per heavy atom. The van der Waals surface area contributed by atoms with Crippen molar-refractivity contribution in [1.29, 1.82) is 0 Å². The molecule has 0 spiro atoms. The molecular weight excluding hydrogens is 236 g/mol. The van der Waals surface area contributed by atoms with Crippen LogP contribution in [-0.2, 0) is 5.54 Å². The lowest BCUT2D eigenvalue weighted by atomic mass is 9.97. The molecule has 1 atom stereocenters. The molecule has 3 heterocycles. The van der Waals surface area contributed by atoms with Crippen molar-refractivity contribution < 1.29 is 0 Å². The van der Waals surface area contributed by atoms with Crippen LogP contribution in [0.5, 0.6) is 0 Å². The Labute approximate surface area is 114 Å². The van der Waals surface area contributed by atoms with Gasteiger partial charge in [0.25, 0.3) is 0 Å². The maximum absolute atomic E-state index is 4.86. The predicted molar refractivity (Wildman–Crippen MR) is 77.4 cm³/mol. The molecule has 1 saturated heterocycles. The average molecular weight is 258 g/mol. The standard InChI is InChI=1S/C15H22N4/c1-15(2,3)19-13(11-6-4-8-16-10-11)18-12-7-5-9-17-14(12)19/h5,7,9,11,16H,4,6,8,10H2,1-3H3. The predicted octanol–water partition coefficient (Wildman–Crippen LogP) is 2.65. The molecule has 0 aromatic carbocycles. The van der Waals surface area contributed by atoms with E-state index in [2.05, 4.69) is 41.7 Å². The number of nitrogens with one attached hydrogen (secondary N) is 1. The summed E-state index contributed by atoms with van der Waals surface area (Å²) in [5, 5.41) is 3.48. The fraction of sp³-hybridized carbons (Fsp3) is 0.600. The van der Waals surface area contributed by atoms with E-state index in [0.29, 0.717) is 5.92 Å². The SMILES string of the molecule is CC(C)(C)n1c(C2CCCNC2)nc2cccnc21. The molecule has 2 aromatic rings. The van der Waals surface area contributed by atoms with Crippen molar-refractivity contribution >= 4 is 11.2 Å². The van der Waals surface area contributed by atoms with Gasteiger partial charge in [0.05, 0.1) is 0 Å². The van der Waals surface area contributed by atoms with Crippen molar-refractivity contribution in [3.05, 3.63) is 24.2 Å². The Morgan fingerprint density at radius 2 is 2.21 bits per heavy atom. The van der Waals surface area contributed by atoms with E-state index in [9.17, 15) is 0 Å². The van der Waals surface area contributed by atoms with Crippen LogP contribution in [0, 0.1) is 0 Å². The molecule has 0 saturated carbocycles. The van der Waals surface area contributed by atoms with Crippen LogP contribution < -0.4 is 5.32 Å². The first kappa shape index (κ1) is 12.6. The molecule has 1 aliphatic heterocycles. The van der Waals surface area contributed by atoms with E-state index in [4.69, 9.17) is 4.98 Å². The molecule has 1 unspecified atom stereocenters.